The molecular weight excluding hydrogens is 256 g/mol. The molecule has 0 saturated carbocycles. The summed E-state index contributed by atoms with van der Waals surface area (Å²) in [6.07, 6.45) is 0. The number of rotatable bonds is 3. The molecule has 0 unspecified atom stereocenters. The zero-order valence-corrected chi connectivity index (χ0v) is 11.1. The Bertz CT molecular complexity index is 544. The van der Waals surface area contributed by atoms with Crippen molar-refractivity contribution in [2.75, 3.05) is 32.7 Å². The van der Waals surface area contributed by atoms with Crippen molar-refractivity contribution in [1.29, 1.82) is 5.26 Å². The van der Waals surface area contributed by atoms with E-state index >= 15 is 0 Å². The maximum absolute atomic E-state index is 11.9. The maximum atomic E-state index is 11.9. The Morgan fingerprint density at radius 1 is 1.35 bits per heavy atom. The van der Waals surface area contributed by atoms with E-state index in [9.17, 15) is 9.59 Å². The summed E-state index contributed by atoms with van der Waals surface area (Å²) in [6, 6.07) is 8.37. The number of nitrogens with zero attached hydrogens (tertiary/aromatic N) is 2. The molecule has 0 aliphatic carbocycles. The number of hydrogen-bond acceptors (Lipinski definition) is 4. The second-order valence-electron chi connectivity index (χ2n) is 4.51. The van der Waals surface area contributed by atoms with E-state index in [1.165, 1.54) is 6.07 Å². The monoisotopic (exact) mass is 272 g/mol. The third-order valence-corrected chi connectivity index (χ3v) is 3.12. The molecule has 20 heavy (non-hydrogen) atoms. The minimum absolute atomic E-state index is 0.0182. The molecule has 1 aliphatic rings. The summed E-state index contributed by atoms with van der Waals surface area (Å²) in [7, 11) is 0. The molecule has 0 radical (unpaired) electrons. The summed E-state index contributed by atoms with van der Waals surface area (Å²) in [6.45, 7) is 2.88. The van der Waals surface area contributed by atoms with Gasteiger partial charge >= 0.3 is 0 Å². The number of amides is 2. The van der Waals surface area contributed by atoms with Crippen LogP contribution in [0.15, 0.2) is 24.3 Å². The van der Waals surface area contributed by atoms with Gasteiger partial charge in [0.05, 0.1) is 18.2 Å². The molecule has 1 fully saturated rings. The van der Waals surface area contributed by atoms with Gasteiger partial charge in [-0.25, -0.2) is 0 Å². The van der Waals surface area contributed by atoms with Crippen LogP contribution in [0.25, 0.3) is 0 Å². The zero-order chi connectivity index (χ0) is 14.4. The number of piperazine rings is 1. The van der Waals surface area contributed by atoms with Crippen LogP contribution in [-0.4, -0.2) is 49.4 Å². The summed E-state index contributed by atoms with van der Waals surface area (Å²) in [5.41, 5.74) is 0.809. The average molecular weight is 272 g/mol. The summed E-state index contributed by atoms with van der Waals surface area (Å²) in [5.74, 6) is -0.429. The molecule has 6 nitrogen and oxygen atoms in total. The van der Waals surface area contributed by atoms with Crippen LogP contribution in [0.4, 0.5) is 0 Å². The molecule has 0 aromatic heterocycles. The van der Waals surface area contributed by atoms with Gasteiger partial charge in [-0.1, -0.05) is 6.07 Å². The van der Waals surface area contributed by atoms with Crippen LogP contribution in [0.2, 0.25) is 0 Å². The van der Waals surface area contributed by atoms with Gasteiger partial charge in [-0.2, -0.15) is 5.26 Å². The molecule has 1 aromatic carbocycles. The van der Waals surface area contributed by atoms with Crippen LogP contribution in [-0.2, 0) is 4.79 Å². The molecule has 0 atom stereocenters. The van der Waals surface area contributed by atoms with Gasteiger partial charge in [0.2, 0.25) is 5.91 Å². The summed E-state index contributed by atoms with van der Waals surface area (Å²) < 4.78 is 0. The van der Waals surface area contributed by atoms with E-state index in [1.54, 1.807) is 23.1 Å². The standard InChI is InChI=1S/C14H16N4O2/c15-9-11-2-1-3-12(8-11)14(20)17-10-13(19)18-6-4-16-5-7-18/h1-3,8,16H,4-7,10H2,(H,17,20). The molecule has 104 valence electrons. The number of carbonyl (C=O) groups excluding carboxylic acids is 2. The van der Waals surface area contributed by atoms with Crippen molar-refractivity contribution in [2.24, 2.45) is 0 Å². The van der Waals surface area contributed by atoms with Crippen LogP contribution in [0.3, 0.4) is 0 Å². The van der Waals surface area contributed by atoms with E-state index < -0.39 is 0 Å². The molecule has 1 aromatic rings. The Kier molecular flexibility index (Phi) is 4.69. The number of nitriles is 1. The van der Waals surface area contributed by atoms with Crippen molar-refractivity contribution in [3.8, 4) is 6.07 Å². The fourth-order valence-corrected chi connectivity index (χ4v) is 2.01. The van der Waals surface area contributed by atoms with Gasteiger partial charge in [0.15, 0.2) is 0 Å². The van der Waals surface area contributed by atoms with Crippen molar-refractivity contribution in [3.63, 3.8) is 0 Å². The lowest BCUT2D eigenvalue weighted by Crippen LogP contribution is -2.49. The molecule has 2 amide bonds. The highest BCUT2D eigenvalue weighted by molar-refractivity contribution is 5.96. The fraction of sp³-hybridized carbons (Fsp3) is 0.357. The predicted octanol–water partition coefficient (Wildman–Crippen LogP) is -0.280. The van der Waals surface area contributed by atoms with E-state index in [-0.39, 0.29) is 18.4 Å². The van der Waals surface area contributed by atoms with Gasteiger partial charge in [0, 0.05) is 31.7 Å². The topological polar surface area (TPSA) is 85.2 Å². The highest BCUT2D eigenvalue weighted by atomic mass is 16.2. The second-order valence-corrected chi connectivity index (χ2v) is 4.51. The van der Waals surface area contributed by atoms with Crippen molar-refractivity contribution < 1.29 is 9.59 Å². The Hall–Kier alpha value is -2.39. The summed E-state index contributed by atoms with van der Waals surface area (Å²) in [4.78, 5) is 25.5. The maximum Gasteiger partial charge on any atom is 0.251 e. The van der Waals surface area contributed by atoms with Crippen molar-refractivity contribution in [1.82, 2.24) is 15.5 Å². The molecule has 6 heteroatoms. The lowest BCUT2D eigenvalue weighted by Gasteiger charge is -2.27. The number of carbonyl (C=O) groups is 2. The smallest absolute Gasteiger partial charge is 0.251 e. The average Bonchev–Trinajstić information content (AvgIpc) is 2.53. The van der Waals surface area contributed by atoms with Gasteiger partial charge in [-0.15, -0.1) is 0 Å². The van der Waals surface area contributed by atoms with E-state index in [2.05, 4.69) is 10.6 Å². The molecule has 1 heterocycles. The molecule has 0 bridgehead atoms. The normalized spacial score (nSPS) is 14.4. The summed E-state index contributed by atoms with van der Waals surface area (Å²) in [5, 5.41) is 14.5. The predicted molar refractivity (Wildman–Crippen MR) is 72.9 cm³/mol. The largest absolute Gasteiger partial charge is 0.343 e. The van der Waals surface area contributed by atoms with Gasteiger partial charge in [0.1, 0.15) is 0 Å². The highest BCUT2D eigenvalue weighted by Gasteiger charge is 2.16. The van der Waals surface area contributed by atoms with Crippen molar-refractivity contribution >= 4 is 11.8 Å². The van der Waals surface area contributed by atoms with Gasteiger partial charge < -0.3 is 15.5 Å². The minimum Gasteiger partial charge on any atom is -0.343 e. The van der Waals surface area contributed by atoms with Crippen LogP contribution in [0, 0.1) is 11.3 Å². The molecule has 2 N–H and O–H groups in total. The third kappa shape index (κ3) is 3.56. The highest BCUT2D eigenvalue weighted by Crippen LogP contribution is 2.03. The second kappa shape index (κ2) is 6.68. The van der Waals surface area contributed by atoms with E-state index in [4.69, 9.17) is 5.26 Å². The minimum atomic E-state index is -0.342. The first kappa shape index (κ1) is 14.0. The Morgan fingerprint density at radius 2 is 2.10 bits per heavy atom. The lowest BCUT2D eigenvalue weighted by molar-refractivity contribution is -0.130. The number of benzene rings is 1. The lowest BCUT2D eigenvalue weighted by atomic mass is 10.1. The molecule has 1 aliphatic heterocycles. The third-order valence-electron chi connectivity index (χ3n) is 3.12. The van der Waals surface area contributed by atoms with E-state index in [1.807, 2.05) is 6.07 Å². The zero-order valence-electron chi connectivity index (χ0n) is 11.1. The first-order valence-electron chi connectivity index (χ1n) is 6.47. The van der Waals surface area contributed by atoms with Crippen LogP contribution >= 0.6 is 0 Å². The SMILES string of the molecule is N#Cc1cccc(C(=O)NCC(=O)N2CCNCC2)c1. The number of hydrogen-bond donors (Lipinski definition) is 2. The first-order valence-corrected chi connectivity index (χ1v) is 6.47. The van der Waals surface area contributed by atoms with Crippen LogP contribution in [0.5, 0.6) is 0 Å². The fourth-order valence-electron chi connectivity index (χ4n) is 2.01. The molecule has 2 rings (SSSR count). The quantitative estimate of drug-likeness (QED) is 0.792. The van der Waals surface area contributed by atoms with Gasteiger partial charge in [-0.3, -0.25) is 9.59 Å². The van der Waals surface area contributed by atoms with Gasteiger partial charge in [0.25, 0.3) is 5.91 Å². The van der Waals surface area contributed by atoms with Crippen LogP contribution in [0.1, 0.15) is 15.9 Å². The molecular formula is C14H16N4O2. The number of nitrogens with one attached hydrogen (secondary N) is 2. The van der Waals surface area contributed by atoms with Crippen molar-refractivity contribution in [2.45, 2.75) is 0 Å². The van der Waals surface area contributed by atoms with Gasteiger partial charge in [-0.05, 0) is 18.2 Å². The Labute approximate surface area is 117 Å². The van der Waals surface area contributed by atoms with E-state index in [0.717, 1.165) is 13.1 Å². The van der Waals surface area contributed by atoms with Crippen LogP contribution < -0.4 is 10.6 Å². The Balaban J connectivity index is 1.88. The molecule has 0 spiro atoms. The summed E-state index contributed by atoms with van der Waals surface area (Å²) >= 11 is 0. The first-order chi connectivity index (χ1) is 9.70. The van der Waals surface area contributed by atoms with Crippen molar-refractivity contribution in [3.05, 3.63) is 35.4 Å². The molecule has 1 saturated heterocycles. The van der Waals surface area contributed by atoms with E-state index in [0.29, 0.717) is 24.2 Å². The Morgan fingerprint density at radius 3 is 2.80 bits per heavy atom.